The van der Waals surface area contributed by atoms with E-state index in [9.17, 15) is 4.79 Å². The lowest BCUT2D eigenvalue weighted by molar-refractivity contribution is -0.129. The molecule has 108 valence electrons. The van der Waals surface area contributed by atoms with Crippen molar-refractivity contribution in [2.45, 2.75) is 25.4 Å². The number of likely N-dealkylation sites (tertiary alicyclic amines) is 2. The molecule has 1 amide bonds. The van der Waals surface area contributed by atoms with Gasteiger partial charge in [-0.2, -0.15) is 0 Å². The summed E-state index contributed by atoms with van der Waals surface area (Å²) < 4.78 is 0. The second-order valence-corrected chi connectivity index (χ2v) is 6.24. The Morgan fingerprint density at radius 2 is 2.00 bits per heavy atom. The van der Waals surface area contributed by atoms with Gasteiger partial charge in [-0.15, -0.1) is 11.6 Å². The number of benzene rings is 1. The van der Waals surface area contributed by atoms with E-state index in [0.717, 1.165) is 32.6 Å². The van der Waals surface area contributed by atoms with Crippen molar-refractivity contribution in [1.29, 1.82) is 0 Å². The summed E-state index contributed by atoms with van der Waals surface area (Å²) in [6, 6.07) is 10.9. The molecule has 20 heavy (non-hydrogen) atoms. The molecule has 2 atom stereocenters. The Kier molecular flexibility index (Phi) is 4.27. The van der Waals surface area contributed by atoms with Gasteiger partial charge in [0.15, 0.2) is 0 Å². The molecular weight excluding hydrogens is 272 g/mol. The summed E-state index contributed by atoms with van der Waals surface area (Å²) in [5.74, 6) is 1.25. The quantitative estimate of drug-likeness (QED) is 0.796. The van der Waals surface area contributed by atoms with Crippen molar-refractivity contribution in [3.05, 3.63) is 35.9 Å². The second-order valence-electron chi connectivity index (χ2n) is 5.93. The smallest absolute Gasteiger partial charge is 0.223 e. The molecule has 2 heterocycles. The number of amides is 1. The monoisotopic (exact) mass is 292 g/mol. The summed E-state index contributed by atoms with van der Waals surface area (Å²) in [5.41, 5.74) is 1.35. The lowest BCUT2D eigenvalue weighted by Crippen LogP contribution is -2.38. The molecule has 1 aromatic rings. The number of hydrogen-bond donors (Lipinski definition) is 0. The average molecular weight is 293 g/mol. The van der Waals surface area contributed by atoms with Crippen LogP contribution in [0.25, 0.3) is 0 Å². The van der Waals surface area contributed by atoms with E-state index in [1.165, 1.54) is 5.56 Å². The third-order valence-corrected chi connectivity index (χ3v) is 4.83. The molecule has 3 rings (SSSR count). The Balaban J connectivity index is 1.56. The molecule has 2 aliphatic heterocycles. The minimum atomic E-state index is 0.294. The minimum Gasteiger partial charge on any atom is -0.338 e. The summed E-state index contributed by atoms with van der Waals surface area (Å²) in [5, 5.41) is 0. The van der Waals surface area contributed by atoms with Crippen molar-refractivity contribution in [3.8, 4) is 0 Å². The van der Waals surface area contributed by atoms with E-state index in [1.807, 2.05) is 6.07 Å². The molecule has 0 aliphatic carbocycles. The van der Waals surface area contributed by atoms with Crippen molar-refractivity contribution in [1.82, 2.24) is 9.80 Å². The zero-order valence-electron chi connectivity index (χ0n) is 11.7. The van der Waals surface area contributed by atoms with Crippen LogP contribution in [0, 0.1) is 5.92 Å². The van der Waals surface area contributed by atoms with Crippen LogP contribution in [0.1, 0.15) is 18.4 Å². The van der Waals surface area contributed by atoms with Crippen LogP contribution in [0.4, 0.5) is 0 Å². The molecule has 0 saturated carbocycles. The fraction of sp³-hybridized carbons (Fsp3) is 0.562. The Hall–Kier alpha value is -1.06. The highest BCUT2D eigenvalue weighted by molar-refractivity contribution is 6.18. The standard InChI is InChI=1S/C16H21ClN2O/c17-9-14-8-16(20)19(11-14)15-6-7-18(12-15)10-13-4-2-1-3-5-13/h1-5,14-15H,6-12H2. The molecular formula is C16H21ClN2O. The third kappa shape index (κ3) is 2.99. The molecule has 2 fully saturated rings. The molecule has 1 aromatic carbocycles. The highest BCUT2D eigenvalue weighted by Crippen LogP contribution is 2.26. The molecule has 0 N–H and O–H groups in total. The van der Waals surface area contributed by atoms with Crippen molar-refractivity contribution >= 4 is 17.5 Å². The summed E-state index contributed by atoms with van der Waals surface area (Å²) in [6.07, 6.45) is 1.73. The zero-order valence-corrected chi connectivity index (χ0v) is 12.4. The van der Waals surface area contributed by atoms with Gasteiger partial charge in [-0.1, -0.05) is 30.3 Å². The van der Waals surface area contributed by atoms with Crippen LogP contribution in [0.2, 0.25) is 0 Å². The molecule has 2 unspecified atom stereocenters. The van der Waals surface area contributed by atoms with Gasteiger partial charge in [0, 0.05) is 44.5 Å². The molecule has 0 spiro atoms. The van der Waals surface area contributed by atoms with Crippen LogP contribution in [0.3, 0.4) is 0 Å². The average Bonchev–Trinajstić information content (AvgIpc) is 3.06. The van der Waals surface area contributed by atoms with Gasteiger partial charge in [0.1, 0.15) is 0 Å². The maximum absolute atomic E-state index is 12.0. The van der Waals surface area contributed by atoms with E-state index in [0.29, 0.717) is 30.2 Å². The highest BCUT2D eigenvalue weighted by Gasteiger charge is 2.36. The van der Waals surface area contributed by atoms with Crippen molar-refractivity contribution < 1.29 is 4.79 Å². The second kappa shape index (κ2) is 6.15. The molecule has 0 bridgehead atoms. The maximum atomic E-state index is 12.0. The SMILES string of the molecule is O=C1CC(CCl)CN1C1CCN(Cc2ccccc2)C1. The normalized spacial score (nSPS) is 27.4. The van der Waals surface area contributed by atoms with Gasteiger partial charge in [0.2, 0.25) is 5.91 Å². The predicted octanol–water partition coefficient (Wildman–Crippen LogP) is 2.35. The molecule has 2 saturated heterocycles. The number of hydrogen-bond acceptors (Lipinski definition) is 2. The van der Waals surface area contributed by atoms with E-state index in [2.05, 4.69) is 34.1 Å². The van der Waals surface area contributed by atoms with Gasteiger partial charge in [-0.25, -0.2) is 0 Å². The van der Waals surface area contributed by atoms with Crippen molar-refractivity contribution in [2.24, 2.45) is 5.92 Å². The van der Waals surface area contributed by atoms with E-state index in [1.54, 1.807) is 0 Å². The number of halogens is 1. The van der Waals surface area contributed by atoms with Gasteiger partial charge >= 0.3 is 0 Å². The van der Waals surface area contributed by atoms with E-state index in [-0.39, 0.29) is 0 Å². The number of carbonyl (C=O) groups excluding carboxylic acids is 1. The van der Waals surface area contributed by atoms with Crippen LogP contribution in [0.15, 0.2) is 30.3 Å². The fourth-order valence-corrected chi connectivity index (χ4v) is 3.52. The predicted molar refractivity (Wildman–Crippen MR) is 80.7 cm³/mol. The van der Waals surface area contributed by atoms with Crippen LogP contribution in [0.5, 0.6) is 0 Å². The van der Waals surface area contributed by atoms with E-state index in [4.69, 9.17) is 11.6 Å². The molecule has 2 aliphatic rings. The first-order chi connectivity index (χ1) is 9.76. The van der Waals surface area contributed by atoms with Crippen LogP contribution < -0.4 is 0 Å². The summed E-state index contributed by atoms with van der Waals surface area (Å²) >= 11 is 5.89. The topological polar surface area (TPSA) is 23.6 Å². The van der Waals surface area contributed by atoms with Crippen LogP contribution >= 0.6 is 11.6 Å². The van der Waals surface area contributed by atoms with Crippen LogP contribution in [-0.2, 0) is 11.3 Å². The number of nitrogens with zero attached hydrogens (tertiary/aromatic N) is 2. The van der Waals surface area contributed by atoms with E-state index < -0.39 is 0 Å². The first-order valence-corrected chi connectivity index (χ1v) is 7.91. The summed E-state index contributed by atoms with van der Waals surface area (Å²) in [6.45, 7) is 3.91. The lowest BCUT2D eigenvalue weighted by Gasteiger charge is -2.24. The molecule has 4 heteroatoms. The molecule has 3 nitrogen and oxygen atoms in total. The first-order valence-electron chi connectivity index (χ1n) is 7.38. The number of rotatable bonds is 4. The largest absolute Gasteiger partial charge is 0.338 e. The summed E-state index contributed by atoms with van der Waals surface area (Å²) in [7, 11) is 0. The van der Waals surface area contributed by atoms with Gasteiger partial charge in [0.25, 0.3) is 0 Å². The number of alkyl halides is 1. The Morgan fingerprint density at radius 1 is 1.20 bits per heavy atom. The fourth-order valence-electron chi connectivity index (χ4n) is 3.32. The Bertz CT molecular complexity index is 465. The molecule has 0 aromatic heterocycles. The zero-order chi connectivity index (χ0) is 13.9. The first kappa shape index (κ1) is 13.9. The number of carbonyl (C=O) groups is 1. The van der Waals surface area contributed by atoms with Crippen molar-refractivity contribution in [2.75, 3.05) is 25.5 Å². The van der Waals surface area contributed by atoms with E-state index >= 15 is 0 Å². The Labute approximate surface area is 125 Å². The van der Waals surface area contributed by atoms with Gasteiger partial charge in [-0.05, 0) is 17.9 Å². The highest BCUT2D eigenvalue weighted by atomic mass is 35.5. The summed E-state index contributed by atoms with van der Waals surface area (Å²) in [4.78, 5) is 16.6. The Morgan fingerprint density at radius 3 is 2.70 bits per heavy atom. The molecule has 0 radical (unpaired) electrons. The van der Waals surface area contributed by atoms with Gasteiger partial charge < -0.3 is 4.90 Å². The maximum Gasteiger partial charge on any atom is 0.223 e. The van der Waals surface area contributed by atoms with Crippen LogP contribution in [-0.4, -0.2) is 47.3 Å². The van der Waals surface area contributed by atoms with Crippen molar-refractivity contribution in [3.63, 3.8) is 0 Å². The third-order valence-electron chi connectivity index (χ3n) is 4.39. The van der Waals surface area contributed by atoms with Gasteiger partial charge in [-0.3, -0.25) is 9.69 Å². The minimum absolute atomic E-state index is 0.294. The lowest BCUT2D eigenvalue weighted by atomic mass is 10.1. The van der Waals surface area contributed by atoms with Gasteiger partial charge in [0.05, 0.1) is 0 Å².